The predicted molar refractivity (Wildman–Crippen MR) is 197 cm³/mol. The van der Waals surface area contributed by atoms with Crippen molar-refractivity contribution in [1.29, 1.82) is 0 Å². The Balaban J connectivity index is 1.32. The third-order valence-corrected chi connectivity index (χ3v) is 9.99. The molecular formula is C46H28. The molecule has 0 saturated carbocycles. The van der Waals surface area contributed by atoms with Crippen LogP contribution in [0.2, 0.25) is 0 Å². The zero-order chi connectivity index (χ0) is 30.2. The van der Waals surface area contributed by atoms with Gasteiger partial charge in [-0.05, 0) is 111 Å². The second-order valence-electron chi connectivity index (χ2n) is 12.4. The van der Waals surface area contributed by atoms with Crippen molar-refractivity contribution in [3.05, 3.63) is 170 Å². The molecule has 0 fully saturated rings. The highest BCUT2D eigenvalue weighted by Gasteiger charge is 2.24. The van der Waals surface area contributed by atoms with Gasteiger partial charge in [-0.2, -0.15) is 0 Å². The van der Waals surface area contributed by atoms with E-state index in [4.69, 9.17) is 0 Å². The summed E-state index contributed by atoms with van der Waals surface area (Å²) in [5.41, 5.74) is 12.9. The van der Waals surface area contributed by atoms with Crippen molar-refractivity contribution >= 4 is 43.1 Å². The topological polar surface area (TPSA) is 0 Å². The fourth-order valence-electron chi connectivity index (χ4n) is 7.96. The molecule has 9 aromatic rings. The molecule has 0 bridgehead atoms. The molecule has 0 N–H and O–H groups in total. The monoisotopic (exact) mass is 580 g/mol. The van der Waals surface area contributed by atoms with Crippen molar-refractivity contribution in [1.82, 2.24) is 0 Å². The van der Waals surface area contributed by atoms with E-state index in [-0.39, 0.29) is 0 Å². The summed E-state index contributed by atoms with van der Waals surface area (Å²) < 4.78 is 0. The molecule has 46 heavy (non-hydrogen) atoms. The molecule has 10 rings (SSSR count). The van der Waals surface area contributed by atoms with Gasteiger partial charge in [0.15, 0.2) is 0 Å². The summed E-state index contributed by atoms with van der Waals surface area (Å²) in [5.74, 6) is 0. The maximum Gasteiger partial charge on any atom is -0.00201 e. The van der Waals surface area contributed by atoms with Crippen LogP contribution >= 0.6 is 0 Å². The number of fused-ring (bicyclic) bond motifs is 6. The first-order valence-electron chi connectivity index (χ1n) is 16.0. The molecule has 0 heterocycles. The van der Waals surface area contributed by atoms with E-state index in [0.717, 1.165) is 0 Å². The van der Waals surface area contributed by atoms with E-state index in [0.29, 0.717) is 0 Å². The van der Waals surface area contributed by atoms with E-state index in [1.54, 1.807) is 0 Å². The van der Waals surface area contributed by atoms with Gasteiger partial charge < -0.3 is 0 Å². The van der Waals surface area contributed by atoms with Crippen LogP contribution in [0.4, 0.5) is 0 Å². The van der Waals surface area contributed by atoms with Gasteiger partial charge >= 0.3 is 0 Å². The lowest BCUT2D eigenvalue weighted by Crippen LogP contribution is -1.93. The Hall–Kier alpha value is -5.98. The average Bonchev–Trinajstić information content (AvgIpc) is 3.46. The first-order valence-corrected chi connectivity index (χ1v) is 16.0. The molecule has 0 saturated heterocycles. The Kier molecular flexibility index (Phi) is 5.38. The molecular weight excluding hydrogens is 553 g/mol. The minimum absolute atomic E-state index is 1.23. The standard InChI is InChI=1S/C46H28/c1-2-12-30(13-3-1)44-37-17-8-9-18-38(37)46(41-26-25-40-35-16-7-6-15-34(35)36-19-10-20-39(41)45(36)40)42-24-23-33(28-43(42)44)32-22-21-29-11-4-5-14-31(29)27-32/h1-28H. The lowest BCUT2D eigenvalue weighted by molar-refractivity contribution is 1.65. The summed E-state index contributed by atoms with van der Waals surface area (Å²) >= 11 is 0. The number of benzene rings is 9. The summed E-state index contributed by atoms with van der Waals surface area (Å²) in [5, 5.41) is 10.3. The third-order valence-electron chi connectivity index (χ3n) is 9.99. The van der Waals surface area contributed by atoms with Gasteiger partial charge in [-0.15, -0.1) is 0 Å². The molecule has 1 aliphatic rings. The highest BCUT2D eigenvalue weighted by Crippen LogP contribution is 2.52. The Morgan fingerprint density at radius 3 is 1.63 bits per heavy atom. The Bertz CT molecular complexity index is 2650. The normalized spacial score (nSPS) is 11.9. The van der Waals surface area contributed by atoms with Crippen molar-refractivity contribution in [2.24, 2.45) is 0 Å². The van der Waals surface area contributed by atoms with Crippen LogP contribution < -0.4 is 0 Å². The molecule has 0 heteroatoms. The molecule has 9 aromatic carbocycles. The Morgan fingerprint density at radius 1 is 0.239 bits per heavy atom. The smallest absolute Gasteiger partial charge is 0.00201 e. The quantitative estimate of drug-likeness (QED) is 0.182. The van der Waals surface area contributed by atoms with Gasteiger partial charge in [-0.3, -0.25) is 0 Å². The van der Waals surface area contributed by atoms with E-state index >= 15 is 0 Å². The van der Waals surface area contributed by atoms with Gasteiger partial charge in [0.1, 0.15) is 0 Å². The summed E-state index contributed by atoms with van der Waals surface area (Å²) in [4.78, 5) is 0. The van der Waals surface area contributed by atoms with Crippen molar-refractivity contribution in [2.45, 2.75) is 0 Å². The summed E-state index contributed by atoms with van der Waals surface area (Å²) in [6.07, 6.45) is 0. The van der Waals surface area contributed by atoms with Crippen LogP contribution in [-0.2, 0) is 0 Å². The fraction of sp³-hybridized carbons (Fsp3) is 0. The Morgan fingerprint density at radius 2 is 0.804 bits per heavy atom. The number of rotatable bonds is 3. The SMILES string of the molecule is c1ccc(-c2c3ccccc3c(-c3ccc4c5c(cccc35)-c3ccccc3-4)c3ccc(-c4ccc5ccccc5c4)cc23)cc1. The van der Waals surface area contributed by atoms with E-state index < -0.39 is 0 Å². The van der Waals surface area contributed by atoms with Crippen molar-refractivity contribution in [3.8, 4) is 55.6 Å². The minimum Gasteiger partial charge on any atom is -0.0622 e. The number of hydrogen-bond donors (Lipinski definition) is 0. The third kappa shape index (κ3) is 3.62. The van der Waals surface area contributed by atoms with Crippen molar-refractivity contribution in [2.75, 3.05) is 0 Å². The first kappa shape index (κ1) is 25.4. The highest BCUT2D eigenvalue weighted by molar-refractivity contribution is 6.26. The van der Waals surface area contributed by atoms with E-state index in [9.17, 15) is 0 Å². The van der Waals surface area contributed by atoms with Crippen LogP contribution in [0.5, 0.6) is 0 Å². The molecule has 0 amide bonds. The maximum atomic E-state index is 2.42. The molecule has 0 aromatic heterocycles. The zero-order valence-electron chi connectivity index (χ0n) is 25.2. The Labute approximate surface area is 267 Å². The van der Waals surface area contributed by atoms with Crippen LogP contribution in [0.25, 0.3) is 98.7 Å². The minimum atomic E-state index is 1.23. The molecule has 212 valence electrons. The van der Waals surface area contributed by atoms with Gasteiger partial charge in [-0.25, -0.2) is 0 Å². The second kappa shape index (κ2) is 9.76. The largest absolute Gasteiger partial charge is 0.0622 e. The van der Waals surface area contributed by atoms with Crippen molar-refractivity contribution < 1.29 is 0 Å². The van der Waals surface area contributed by atoms with Gasteiger partial charge in [0.25, 0.3) is 0 Å². The van der Waals surface area contributed by atoms with E-state index in [1.165, 1.54) is 98.7 Å². The number of hydrogen-bond acceptors (Lipinski definition) is 0. The summed E-state index contributed by atoms with van der Waals surface area (Å²) in [6.45, 7) is 0. The van der Waals surface area contributed by atoms with Gasteiger partial charge in [0.05, 0.1) is 0 Å². The molecule has 0 spiro atoms. The molecule has 0 nitrogen and oxygen atoms in total. The van der Waals surface area contributed by atoms with Gasteiger partial charge in [-0.1, -0.05) is 158 Å². The molecule has 0 atom stereocenters. The van der Waals surface area contributed by atoms with Gasteiger partial charge in [0, 0.05) is 0 Å². The maximum absolute atomic E-state index is 2.42. The molecule has 1 aliphatic carbocycles. The van der Waals surface area contributed by atoms with Crippen LogP contribution in [0.15, 0.2) is 170 Å². The first-order chi connectivity index (χ1) is 22.8. The lowest BCUT2D eigenvalue weighted by Gasteiger charge is -2.20. The fourth-order valence-corrected chi connectivity index (χ4v) is 7.96. The summed E-state index contributed by atoms with van der Waals surface area (Å²) in [7, 11) is 0. The van der Waals surface area contributed by atoms with Gasteiger partial charge in [0.2, 0.25) is 0 Å². The molecule has 0 radical (unpaired) electrons. The highest BCUT2D eigenvalue weighted by atomic mass is 14.3. The molecule has 0 unspecified atom stereocenters. The zero-order valence-corrected chi connectivity index (χ0v) is 25.2. The lowest BCUT2D eigenvalue weighted by atomic mass is 9.83. The van der Waals surface area contributed by atoms with Crippen LogP contribution in [-0.4, -0.2) is 0 Å². The summed E-state index contributed by atoms with van der Waals surface area (Å²) in [6, 6.07) is 62.8. The van der Waals surface area contributed by atoms with Crippen LogP contribution in [0.3, 0.4) is 0 Å². The van der Waals surface area contributed by atoms with E-state index in [2.05, 4.69) is 170 Å². The van der Waals surface area contributed by atoms with Crippen LogP contribution in [0, 0.1) is 0 Å². The average molecular weight is 581 g/mol. The van der Waals surface area contributed by atoms with Crippen molar-refractivity contribution in [3.63, 3.8) is 0 Å². The predicted octanol–water partition coefficient (Wildman–Crippen LogP) is 12.9. The molecule has 0 aliphatic heterocycles. The second-order valence-corrected chi connectivity index (χ2v) is 12.4. The van der Waals surface area contributed by atoms with Crippen LogP contribution in [0.1, 0.15) is 0 Å². The van der Waals surface area contributed by atoms with E-state index in [1.807, 2.05) is 0 Å².